The first-order valence-corrected chi connectivity index (χ1v) is 12.5. The molecular formula is C28H30N4O4. The molecule has 0 spiro atoms. The van der Waals surface area contributed by atoms with Crippen LogP contribution in [0.15, 0.2) is 71.3 Å². The molecule has 2 saturated heterocycles. The van der Waals surface area contributed by atoms with Crippen LogP contribution in [0.25, 0.3) is 0 Å². The summed E-state index contributed by atoms with van der Waals surface area (Å²) in [4.78, 5) is 44.8. The smallest absolute Gasteiger partial charge is 0.289 e. The van der Waals surface area contributed by atoms with Crippen LogP contribution in [-0.4, -0.2) is 66.8 Å². The Balaban J connectivity index is 1.36. The summed E-state index contributed by atoms with van der Waals surface area (Å²) < 4.78 is 5.27. The van der Waals surface area contributed by atoms with Gasteiger partial charge in [-0.15, -0.1) is 0 Å². The van der Waals surface area contributed by atoms with Crippen LogP contribution in [0.1, 0.15) is 50.5 Å². The summed E-state index contributed by atoms with van der Waals surface area (Å²) >= 11 is 0. The first-order chi connectivity index (χ1) is 17.6. The van der Waals surface area contributed by atoms with Gasteiger partial charge in [-0.25, -0.2) is 0 Å². The normalized spacial score (nSPS) is 16.1. The summed E-state index contributed by atoms with van der Waals surface area (Å²) in [5.74, 6) is -0.0226. The van der Waals surface area contributed by atoms with Crippen molar-refractivity contribution in [3.05, 3.63) is 83.8 Å². The quantitative estimate of drug-likeness (QED) is 0.586. The summed E-state index contributed by atoms with van der Waals surface area (Å²) in [6.45, 7) is 3.74. The van der Waals surface area contributed by atoms with Gasteiger partial charge in [0.1, 0.15) is 0 Å². The number of amides is 3. The number of anilines is 2. The molecule has 0 atom stereocenters. The summed E-state index contributed by atoms with van der Waals surface area (Å²) in [6, 6.07) is 17.9. The number of hydrogen-bond donors (Lipinski definition) is 1. The maximum atomic E-state index is 13.6. The van der Waals surface area contributed by atoms with Gasteiger partial charge in [-0.05, 0) is 61.7 Å². The highest BCUT2D eigenvalue weighted by Crippen LogP contribution is 2.28. The van der Waals surface area contributed by atoms with Crippen LogP contribution in [0.5, 0.6) is 0 Å². The Morgan fingerprint density at radius 3 is 2.14 bits per heavy atom. The van der Waals surface area contributed by atoms with Gasteiger partial charge in [0, 0.05) is 56.2 Å². The van der Waals surface area contributed by atoms with Gasteiger partial charge in [-0.2, -0.15) is 0 Å². The minimum Gasteiger partial charge on any atom is -0.459 e. The Kier molecular flexibility index (Phi) is 7.02. The maximum Gasteiger partial charge on any atom is 0.289 e. The fourth-order valence-electron chi connectivity index (χ4n) is 4.83. The van der Waals surface area contributed by atoms with E-state index < -0.39 is 0 Å². The number of hydrogen-bond acceptors (Lipinski definition) is 5. The highest BCUT2D eigenvalue weighted by molar-refractivity contribution is 6.06. The maximum absolute atomic E-state index is 13.6. The molecule has 0 radical (unpaired) electrons. The third-order valence-corrected chi connectivity index (χ3v) is 6.80. The molecule has 2 aromatic carbocycles. The van der Waals surface area contributed by atoms with Crippen LogP contribution in [0.4, 0.5) is 11.4 Å². The van der Waals surface area contributed by atoms with Crippen molar-refractivity contribution in [3.63, 3.8) is 0 Å². The van der Waals surface area contributed by atoms with Gasteiger partial charge in [0.25, 0.3) is 17.7 Å². The summed E-state index contributed by atoms with van der Waals surface area (Å²) in [7, 11) is 0. The lowest BCUT2D eigenvalue weighted by Gasteiger charge is -2.37. The predicted octanol–water partition coefficient (Wildman–Crippen LogP) is 4.12. The van der Waals surface area contributed by atoms with Crippen molar-refractivity contribution in [1.29, 1.82) is 0 Å². The second kappa shape index (κ2) is 10.7. The largest absolute Gasteiger partial charge is 0.459 e. The highest BCUT2D eigenvalue weighted by Gasteiger charge is 2.28. The van der Waals surface area contributed by atoms with Crippen LogP contribution >= 0.6 is 0 Å². The van der Waals surface area contributed by atoms with Crippen molar-refractivity contribution in [2.45, 2.75) is 19.3 Å². The Morgan fingerprint density at radius 1 is 0.722 bits per heavy atom. The van der Waals surface area contributed by atoms with Crippen molar-refractivity contribution in [2.24, 2.45) is 0 Å². The lowest BCUT2D eigenvalue weighted by molar-refractivity contribution is 0.0705. The van der Waals surface area contributed by atoms with E-state index in [1.165, 1.54) is 6.26 Å². The molecule has 3 amide bonds. The fourth-order valence-corrected chi connectivity index (χ4v) is 4.83. The first-order valence-electron chi connectivity index (χ1n) is 12.5. The van der Waals surface area contributed by atoms with Crippen molar-refractivity contribution in [1.82, 2.24) is 9.80 Å². The van der Waals surface area contributed by atoms with Crippen molar-refractivity contribution >= 4 is 29.1 Å². The molecule has 5 rings (SSSR count). The van der Waals surface area contributed by atoms with Gasteiger partial charge in [-0.3, -0.25) is 14.4 Å². The lowest BCUT2D eigenvalue weighted by atomic mass is 10.1. The number of benzene rings is 2. The summed E-state index contributed by atoms with van der Waals surface area (Å²) in [5.41, 5.74) is 2.55. The molecule has 8 heteroatoms. The monoisotopic (exact) mass is 486 g/mol. The van der Waals surface area contributed by atoms with Gasteiger partial charge in [0.2, 0.25) is 0 Å². The molecule has 8 nitrogen and oxygen atoms in total. The van der Waals surface area contributed by atoms with Gasteiger partial charge in [0.15, 0.2) is 5.76 Å². The van der Waals surface area contributed by atoms with Crippen molar-refractivity contribution < 1.29 is 18.8 Å². The number of likely N-dealkylation sites (tertiary alicyclic amines) is 1. The molecule has 0 bridgehead atoms. The number of piperazine rings is 1. The predicted molar refractivity (Wildman–Crippen MR) is 137 cm³/mol. The van der Waals surface area contributed by atoms with Crippen LogP contribution in [-0.2, 0) is 0 Å². The number of carbonyl (C=O) groups excluding carboxylic acids is 3. The third kappa shape index (κ3) is 5.12. The van der Waals surface area contributed by atoms with E-state index in [1.54, 1.807) is 35.2 Å². The van der Waals surface area contributed by atoms with Gasteiger partial charge in [-0.1, -0.05) is 18.2 Å². The Hall–Kier alpha value is -4.07. The number of carbonyl (C=O) groups is 3. The average molecular weight is 487 g/mol. The lowest BCUT2D eigenvalue weighted by Crippen LogP contribution is -2.49. The van der Waals surface area contributed by atoms with Gasteiger partial charge < -0.3 is 24.4 Å². The Bertz CT molecular complexity index is 1210. The topological polar surface area (TPSA) is 86.1 Å². The van der Waals surface area contributed by atoms with Crippen LogP contribution in [0.3, 0.4) is 0 Å². The zero-order valence-electron chi connectivity index (χ0n) is 20.2. The van der Waals surface area contributed by atoms with E-state index in [9.17, 15) is 14.4 Å². The number of nitrogens with zero attached hydrogens (tertiary/aromatic N) is 3. The van der Waals surface area contributed by atoms with Crippen LogP contribution in [0.2, 0.25) is 0 Å². The van der Waals surface area contributed by atoms with Gasteiger partial charge >= 0.3 is 0 Å². The number of furan rings is 1. The molecular weight excluding hydrogens is 456 g/mol. The first kappa shape index (κ1) is 23.7. The molecule has 0 unspecified atom stereocenters. The Labute approximate surface area is 210 Å². The standard InChI is InChI=1S/C28H30N4O4/c33-26(21-8-3-1-4-9-21)29-22-11-12-24(23(20-22)27(34)31-13-5-2-6-14-31)30-15-17-32(18-16-30)28(35)25-10-7-19-36-25/h1,3-4,7-12,19-20H,2,5-6,13-18H2,(H,29,33). The highest BCUT2D eigenvalue weighted by atomic mass is 16.3. The molecule has 0 saturated carbocycles. The molecule has 186 valence electrons. The molecule has 2 aliphatic heterocycles. The molecule has 3 heterocycles. The minimum absolute atomic E-state index is 0.0189. The van der Waals surface area contributed by atoms with E-state index in [0.29, 0.717) is 48.8 Å². The van der Waals surface area contributed by atoms with Crippen molar-refractivity contribution in [2.75, 3.05) is 49.5 Å². The molecule has 1 aromatic heterocycles. The number of piperidine rings is 1. The summed E-state index contributed by atoms with van der Waals surface area (Å²) in [5, 5.41) is 2.93. The van der Waals surface area contributed by atoms with Crippen LogP contribution < -0.4 is 10.2 Å². The van der Waals surface area contributed by atoms with Gasteiger partial charge in [0.05, 0.1) is 11.8 Å². The van der Waals surface area contributed by atoms with E-state index in [1.807, 2.05) is 35.2 Å². The van der Waals surface area contributed by atoms with E-state index in [-0.39, 0.29) is 17.7 Å². The molecule has 2 fully saturated rings. The molecule has 0 aliphatic carbocycles. The minimum atomic E-state index is -0.218. The number of rotatable bonds is 5. The second-order valence-corrected chi connectivity index (χ2v) is 9.16. The van der Waals surface area contributed by atoms with E-state index in [4.69, 9.17) is 4.42 Å². The molecule has 2 aliphatic rings. The zero-order chi connectivity index (χ0) is 24.9. The Morgan fingerprint density at radius 2 is 1.44 bits per heavy atom. The third-order valence-electron chi connectivity index (χ3n) is 6.80. The molecule has 1 N–H and O–H groups in total. The van der Waals surface area contributed by atoms with Crippen LogP contribution in [0, 0.1) is 0 Å². The fraction of sp³-hybridized carbons (Fsp3) is 0.321. The van der Waals surface area contributed by atoms with E-state index >= 15 is 0 Å². The molecule has 3 aromatic rings. The molecule has 36 heavy (non-hydrogen) atoms. The van der Waals surface area contributed by atoms with Crippen molar-refractivity contribution in [3.8, 4) is 0 Å². The average Bonchev–Trinajstić information content (AvgIpc) is 3.48. The second-order valence-electron chi connectivity index (χ2n) is 9.16. The SMILES string of the molecule is O=C(Nc1ccc(N2CCN(C(=O)c3ccco3)CC2)c(C(=O)N2CCCCC2)c1)c1ccccc1. The number of nitrogens with one attached hydrogen (secondary N) is 1. The zero-order valence-corrected chi connectivity index (χ0v) is 20.2. The van der Waals surface area contributed by atoms with E-state index in [2.05, 4.69) is 10.2 Å². The summed E-state index contributed by atoms with van der Waals surface area (Å²) in [6.07, 6.45) is 4.63. The van der Waals surface area contributed by atoms with E-state index in [0.717, 1.165) is 38.0 Å².